The van der Waals surface area contributed by atoms with Gasteiger partial charge >= 0.3 is 0 Å². The molecule has 84 valence electrons. The molecule has 1 heterocycles. The van der Waals surface area contributed by atoms with E-state index in [4.69, 9.17) is 5.73 Å². The average Bonchev–Trinajstić information content (AvgIpc) is 2.34. The van der Waals surface area contributed by atoms with Crippen molar-refractivity contribution < 1.29 is 0 Å². The molecule has 17 heavy (non-hydrogen) atoms. The highest BCUT2D eigenvalue weighted by molar-refractivity contribution is 5.79. The van der Waals surface area contributed by atoms with Gasteiger partial charge in [-0.05, 0) is 43.2 Å². The molecule has 0 bridgehead atoms. The van der Waals surface area contributed by atoms with Crippen LogP contribution in [0.5, 0.6) is 0 Å². The Labute approximate surface area is 101 Å². The van der Waals surface area contributed by atoms with Gasteiger partial charge in [0.1, 0.15) is 6.07 Å². The quantitative estimate of drug-likeness (QED) is 0.756. The fraction of sp³-hybridized carbons (Fsp3) is 0.143. The summed E-state index contributed by atoms with van der Waals surface area (Å²) in [6.45, 7) is 3.97. The molecule has 1 aromatic carbocycles. The number of hydrogen-bond donors (Lipinski definition) is 1. The van der Waals surface area contributed by atoms with E-state index in [1.54, 1.807) is 6.20 Å². The molecule has 0 spiro atoms. The number of nitrogens with two attached hydrogens (primary N) is 1. The lowest BCUT2D eigenvalue weighted by Crippen LogP contribution is -1.99. The predicted octanol–water partition coefficient (Wildman–Crippen LogP) is 2.82. The van der Waals surface area contributed by atoms with E-state index in [-0.39, 0.29) is 0 Å². The molecule has 2 rings (SSSR count). The van der Waals surface area contributed by atoms with Crippen LogP contribution < -0.4 is 5.73 Å². The van der Waals surface area contributed by atoms with Crippen LogP contribution in [0.4, 0.5) is 5.69 Å². The first-order chi connectivity index (χ1) is 8.15. The van der Waals surface area contributed by atoms with Gasteiger partial charge in [0, 0.05) is 11.8 Å². The van der Waals surface area contributed by atoms with Crippen molar-refractivity contribution >= 4 is 5.69 Å². The zero-order chi connectivity index (χ0) is 12.4. The van der Waals surface area contributed by atoms with Gasteiger partial charge in [-0.1, -0.05) is 6.07 Å². The van der Waals surface area contributed by atoms with Gasteiger partial charge in [0.15, 0.2) is 0 Å². The molecule has 0 fully saturated rings. The van der Waals surface area contributed by atoms with Crippen molar-refractivity contribution in [3.05, 3.63) is 47.2 Å². The minimum atomic E-state index is 0.506. The van der Waals surface area contributed by atoms with E-state index in [1.807, 2.05) is 38.1 Å². The summed E-state index contributed by atoms with van der Waals surface area (Å²) in [7, 11) is 0. The second kappa shape index (κ2) is 4.26. The van der Waals surface area contributed by atoms with Gasteiger partial charge in [0.2, 0.25) is 0 Å². The van der Waals surface area contributed by atoms with Crippen LogP contribution in [0, 0.1) is 25.2 Å². The summed E-state index contributed by atoms with van der Waals surface area (Å²) >= 11 is 0. The fourth-order valence-electron chi connectivity index (χ4n) is 1.89. The number of benzene rings is 1. The number of rotatable bonds is 1. The molecule has 3 heteroatoms. The van der Waals surface area contributed by atoms with E-state index < -0.39 is 0 Å². The molecular weight excluding hydrogens is 210 g/mol. The molecule has 0 radical (unpaired) electrons. The minimum absolute atomic E-state index is 0.506. The van der Waals surface area contributed by atoms with Crippen LogP contribution in [0.1, 0.15) is 16.7 Å². The van der Waals surface area contributed by atoms with Gasteiger partial charge in [0.25, 0.3) is 0 Å². The number of nitriles is 1. The van der Waals surface area contributed by atoms with Crippen molar-refractivity contribution in [1.29, 1.82) is 5.26 Å². The van der Waals surface area contributed by atoms with Gasteiger partial charge < -0.3 is 5.73 Å². The van der Waals surface area contributed by atoms with E-state index in [1.165, 1.54) is 0 Å². The Morgan fingerprint density at radius 1 is 1.29 bits per heavy atom. The predicted molar refractivity (Wildman–Crippen MR) is 68.3 cm³/mol. The molecule has 0 aliphatic carbocycles. The fourth-order valence-corrected chi connectivity index (χ4v) is 1.89. The summed E-state index contributed by atoms with van der Waals surface area (Å²) in [4.78, 5) is 4.29. The largest absolute Gasteiger partial charge is 0.398 e. The Kier molecular flexibility index (Phi) is 2.80. The van der Waals surface area contributed by atoms with Crippen LogP contribution in [-0.2, 0) is 0 Å². The lowest BCUT2D eigenvalue weighted by Gasteiger charge is -2.12. The zero-order valence-corrected chi connectivity index (χ0v) is 9.86. The van der Waals surface area contributed by atoms with E-state index in [0.29, 0.717) is 11.3 Å². The first kappa shape index (κ1) is 11.2. The van der Waals surface area contributed by atoms with E-state index >= 15 is 0 Å². The number of nitrogen functional groups attached to an aromatic ring is 1. The lowest BCUT2D eigenvalue weighted by molar-refractivity contribution is 1.27. The molecule has 0 aliphatic heterocycles. The number of anilines is 1. The third kappa shape index (κ3) is 1.85. The van der Waals surface area contributed by atoms with Gasteiger partial charge in [-0.25, -0.2) is 0 Å². The van der Waals surface area contributed by atoms with Gasteiger partial charge in [-0.15, -0.1) is 0 Å². The van der Waals surface area contributed by atoms with Crippen LogP contribution in [0.2, 0.25) is 0 Å². The molecular formula is C14H13N3. The van der Waals surface area contributed by atoms with Crippen LogP contribution in [0.15, 0.2) is 30.5 Å². The maximum atomic E-state index is 9.22. The van der Waals surface area contributed by atoms with Gasteiger partial charge in [-0.2, -0.15) is 5.26 Å². The highest BCUT2D eigenvalue weighted by Gasteiger charge is 2.14. The van der Waals surface area contributed by atoms with Crippen LogP contribution in [-0.4, -0.2) is 4.98 Å². The Morgan fingerprint density at radius 2 is 2.06 bits per heavy atom. The number of aryl methyl sites for hydroxylation is 1. The van der Waals surface area contributed by atoms with Crippen LogP contribution >= 0.6 is 0 Å². The summed E-state index contributed by atoms with van der Waals surface area (Å²) in [5.74, 6) is 0. The van der Waals surface area contributed by atoms with Crippen molar-refractivity contribution in [2.24, 2.45) is 0 Å². The molecule has 2 N–H and O–H groups in total. The summed E-state index contributed by atoms with van der Waals surface area (Å²) < 4.78 is 0. The van der Waals surface area contributed by atoms with E-state index in [9.17, 15) is 5.26 Å². The maximum Gasteiger partial charge on any atom is 0.102 e. The first-order valence-corrected chi connectivity index (χ1v) is 5.36. The third-order valence-corrected chi connectivity index (χ3v) is 2.91. The minimum Gasteiger partial charge on any atom is -0.398 e. The Hall–Kier alpha value is -2.34. The standard InChI is InChI=1S/C14H13N3/c1-9-7-12(16)11(8-15)14(10(9)2)13-5-3-4-6-17-13/h3-7H,16H2,1-2H3. The molecule has 0 aliphatic rings. The topological polar surface area (TPSA) is 62.7 Å². The second-order valence-electron chi connectivity index (χ2n) is 3.98. The van der Waals surface area contributed by atoms with Crippen molar-refractivity contribution in [2.45, 2.75) is 13.8 Å². The molecule has 0 saturated heterocycles. The molecule has 0 saturated carbocycles. The van der Waals surface area contributed by atoms with Crippen molar-refractivity contribution in [3.8, 4) is 17.3 Å². The third-order valence-electron chi connectivity index (χ3n) is 2.91. The maximum absolute atomic E-state index is 9.22. The Bertz CT molecular complexity index is 595. The molecule has 2 aromatic rings. The van der Waals surface area contributed by atoms with E-state index in [2.05, 4.69) is 11.1 Å². The summed E-state index contributed by atoms with van der Waals surface area (Å²) in [6, 6.07) is 9.65. The normalized spacial score (nSPS) is 9.94. The van der Waals surface area contributed by atoms with Crippen molar-refractivity contribution in [3.63, 3.8) is 0 Å². The molecule has 0 unspecified atom stereocenters. The highest BCUT2D eigenvalue weighted by Crippen LogP contribution is 2.31. The Balaban J connectivity index is 2.81. The number of aromatic nitrogens is 1. The first-order valence-electron chi connectivity index (χ1n) is 5.36. The number of pyridine rings is 1. The molecule has 0 amide bonds. The smallest absolute Gasteiger partial charge is 0.102 e. The van der Waals surface area contributed by atoms with Crippen LogP contribution in [0.25, 0.3) is 11.3 Å². The molecule has 1 aromatic heterocycles. The van der Waals surface area contributed by atoms with Gasteiger partial charge in [0.05, 0.1) is 16.9 Å². The van der Waals surface area contributed by atoms with Crippen molar-refractivity contribution in [1.82, 2.24) is 4.98 Å². The highest BCUT2D eigenvalue weighted by atomic mass is 14.7. The van der Waals surface area contributed by atoms with E-state index in [0.717, 1.165) is 22.4 Å². The zero-order valence-electron chi connectivity index (χ0n) is 9.86. The average molecular weight is 223 g/mol. The van der Waals surface area contributed by atoms with Crippen LogP contribution in [0.3, 0.4) is 0 Å². The number of hydrogen-bond acceptors (Lipinski definition) is 3. The molecule has 0 atom stereocenters. The molecule has 3 nitrogen and oxygen atoms in total. The summed E-state index contributed by atoms with van der Waals surface area (Å²) in [5, 5.41) is 9.22. The lowest BCUT2D eigenvalue weighted by atomic mass is 9.94. The van der Waals surface area contributed by atoms with Gasteiger partial charge in [-0.3, -0.25) is 4.98 Å². The van der Waals surface area contributed by atoms with Crippen molar-refractivity contribution in [2.75, 3.05) is 5.73 Å². The Morgan fingerprint density at radius 3 is 2.65 bits per heavy atom. The summed E-state index contributed by atoms with van der Waals surface area (Å²) in [6.07, 6.45) is 1.72. The second-order valence-corrected chi connectivity index (χ2v) is 3.98. The number of nitrogens with zero attached hydrogens (tertiary/aromatic N) is 2. The summed E-state index contributed by atoms with van der Waals surface area (Å²) in [5.41, 5.74) is 10.7. The SMILES string of the molecule is Cc1cc(N)c(C#N)c(-c2ccccn2)c1C. The monoisotopic (exact) mass is 223 g/mol.